The van der Waals surface area contributed by atoms with Crippen molar-refractivity contribution in [1.82, 2.24) is 0 Å². The lowest BCUT2D eigenvalue weighted by molar-refractivity contribution is 0.184. The normalized spacial score (nSPS) is 10.5. The highest BCUT2D eigenvalue weighted by atomic mass is 16.5. The molecular weight excluding hydrogens is 234 g/mol. The number of hydrogen-bond donors (Lipinski definition) is 1. The fourth-order valence-electron chi connectivity index (χ4n) is 2.14. The van der Waals surface area contributed by atoms with Crippen molar-refractivity contribution in [1.29, 1.82) is 0 Å². The Hall–Kier alpha value is -1.80. The molecular formula is C17H21NO. The van der Waals surface area contributed by atoms with E-state index in [0.29, 0.717) is 6.61 Å². The maximum Gasteiger partial charge on any atom is 0.0716 e. The number of benzene rings is 2. The fourth-order valence-corrected chi connectivity index (χ4v) is 2.14. The molecule has 0 saturated carbocycles. The molecule has 0 spiro atoms. The summed E-state index contributed by atoms with van der Waals surface area (Å²) in [6.45, 7) is 5.72. The van der Waals surface area contributed by atoms with E-state index in [-0.39, 0.29) is 0 Å². The van der Waals surface area contributed by atoms with Crippen molar-refractivity contribution in [2.24, 2.45) is 0 Å². The van der Waals surface area contributed by atoms with Crippen molar-refractivity contribution in [3.05, 3.63) is 64.7 Å². The molecule has 2 heteroatoms. The van der Waals surface area contributed by atoms with Gasteiger partial charge in [-0.15, -0.1) is 0 Å². The molecule has 0 aliphatic rings. The number of aryl methyl sites for hydroxylation is 2. The third-order valence-corrected chi connectivity index (χ3v) is 3.28. The van der Waals surface area contributed by atoms with E-state index in [9.17, 15) is 0 Å². The Morgan fingerprint density at radius 1 is 1.00 bits per heavy atom. The summed E-state index contributed by atoms with van der Waals surface area (Å²) >= 11 is 0. The molecule has 0 atom stereocenters. The molecule has 19 heavy (non-hydrogen) atoms. The fraction of sp³-hybridized carbons (Fsp3) is 0.294. The molecule has 2 aromatic rings. The van der Waals surface area contributed by atoms with E-state index in [1.54, 1.807) is 7.11 Å². The van der Waals surface area contributed by atoms with Crippen LogP contribution < -0.4 is 5.32 Å². The molecule has 2 rings (SSSR count). The van der Waals surface area contributed by atoms with Crippen molar-refractivity contribution >= 4 is 5.69 Å². The van der Waals surface area contributed by atoms with Gasteiger partial charge in [0.05, 0.1) is 6.61 Å². The first kappa shape index (κ1) is 13.6. The zero-order chi connectivity index (χ0) is 13.7. The predicted octanol–water partition coefficient (Wildman–Crippen LogP) is 4.06. The summed E-state index contributed by atoms with van der Waals surface area (Å²) in [4.78, 5) is 0. The van der Waals surface area contributed by atoms with Crippen molar-refractivity contribution in [3.63, 3.8) is 0 Å². The van der Waals surface area contributed by atoms with Gasteiger partial charge in [-0.05, 0) is 42.2 Å². The quantitative estimate of drug-likeness (QED) is 0.870. The highest BCUT2D eigenvalue weighted by molar-refractivity contribution is 5.53. The Kier molecular flexibility index (Phi) is 4.58. The van der Waals surface area contributed by atoms with Crippen molar-refractivity contribution < 1.29 is 4.74 Å². The number of anilines is 1. The second kappa shape index (κ2) is 6.39. The lowest BCUT2D eigenvalue weighted by Gasteiger charge is -2.13. The first-order valence-electron chi connectivity index (χ1n) is 6.57. The van der Waals surface area contributed by atoms with Gasteiger partial charge in [-0.25, -0.2) is 0 Å². The lowest BCUT2D eigenvalue weighted by atomic mass is 10.1. The van der Waals surface area contributed by atoms with Crippen LogP contribution in [0.1, 0.15) is 22.3 Å². The molecule has 0 unspecified atom stereocenters. The second-order valence-corrected chi connectivity index (χ2v) is 4.87. The van der Waals surface area contributed by atoms with Crippen LogP contribution in [0.15, 0.2) is 42.5 Å². The number of methoxy groups -OCH3 is 1. The van der Waals surface area contributed by atoms with E-state index < -0.39 is 0 Å². The van der Waals surface area contributed by atoms with Gasteiger partial charge in [0.2, 0.25) is 0 Å². The number of rotatable bonds is 5. The molecule has 2 aromatic carbocycles. The molecule has 2 nitrogen and oxygen atoms in total. The molecule has 0 saturated heterocycles. The monoisotopic (exact) mass is 255 g/mol. The third-order valence-electron chi connectivity index (χ3n) is 3.28. The molecule has 0 amide bonds. The summed E-state index contributed by atoms with van der Waals surface area (Å²) < 4.78 is 5.24. The minimum absolute atomic E-state index is 0.657. The Labute approximate surface area is 115 Å². The SMILES string of the molecule is COCc1ccccc1CNc1cc(C)ccc1C. The van der Waals surface area contributed by atoms with Crippen LogP contribution in [0.2, 0.25) is 0 Å². The lowest BCUT2D eigenvalue weighted by Crippen LogP contribution is -2.04. The third kappa shape index (κ3) is 3.58. The maximum atomic E-state index is 5.24. The zero-order valence-corrected chi connectivity index (χ0v) is 11.9. The molecule has 0 aromatic heterocycles. The number of ether oxygens (including phenoxy) is 1. The van der Waals surface area contributed by atoms with Crippen molar-refractivity contribution in [3.8, 4) is 0 Å². The van der Waals surface area contributed by atoms with Gasteiger partial charge >= 0.3 is 0 Å². The van der Waals surface area contributed by atoms with Gasteiger partial charge in [0, 0.05) is 19.3 Å². The van der Waals surface area contributed by atoms with Crippen LogP contribution >= 0.6 is 0 Å². The minimum atomic E-state index is 0.657. The Bertz CT molecular complexity index is 549. The van der Waals surface area contributed by atoms with E-state index in [1.807, 2.05) is 0 Å². The molecule has 0 fully saturated rings. The Morgan fingerprint density at radius 2 is 1.74 bits per heavy atom. The van der Waals surface area contributed by atoms with Gasteiger partial charge in [-0.2, -0.15) is 0 Å². The van der Waals surface area contributed by atoms with Crippen LogP contribution in [0.25, 0.3) is 0 Å². The summed E-state index contributed by atoms with van der Waals surface area (Å²) in [5.41, 5.74) is 6.27. The minimum Gasteiger partial charge on any atom is -0.381 e. The Balaban J connectivity index is 2.12. The van der Waals surface area contributed by atoms with Gasteiger partial charge in [0.25, 0.3) is 0 Å². The van der Waals surface area contributed by atoms with Crippen LogP contribution in [0.3, 0.4) is 0 Å². The molecule has 0 radical (unpaired) electrons. The summed E-state index contributed by atoms with van der Waals surface area (Å²) in [5.74, 6) is 0. The average molecular weight is 255 g/mol. The van der Waals surface area contributed by atoms with Gasteiger partial charge in [-0.3, -0.25) is 0 Å². The van der Waals surface area contributed by atoms with Crippen LogP contribution in [-0.4, -0.2) is 7.11 Å². The van der Waals surface area contributed by atoms with Gasteiger partial charge < -0.3 is 10.1 Å². The van der Waals surface area contributed by atoms with Crippen molar-refractivity contribution in [2.75, 3.05) is 12.4 Å². The van der Waals surface area contributed by atoms with E-state index in [1.165, 1.54) is 27.9 Å². The summed E-state index contributed by atoms with van der Waals surface area (Å²) in [6.07, 6.45) is 0. The van der Waals surface area contributed by atoms with Crippen LogP contribution in [0.5, 0.6) is 0 Å². The largest absolute Gasteiger partial charge is 0.381 e. The highest BCUT2D eigenvalue weighted by Gasteiger charge is 2.03. The number of nitrogens with one attached hydrogen (secondary N) is 1. The predicted molar refractivity (Wildman–Crippen MR) is 80.4 cm³/mol. The highest BCUT2D eigenvalue weighted by Crippen LogP contribution is 2.18. The maximum absolute atomic E-state index is 5.24. The molecule has 1 N–H and O–H groups in total. The first-order chi connectivity index (χ1) is 9.20. The van der Waals surface area contributed by atoms with Crippen molar-refractivity contribution in [2.45, 2.75) is 27.0 Å². The Morgan fingerprint density at radius 3 is 2.47 bits per heavy atom. The summed E-state index contributed by atoms with van der Waals surface area (Å²) in [7, 11) is 1.73. The van der Waals surface area contributed by atoms with E-state index >= 15 is 0 Å². The van der Waals surface area contributed by atoms with E-state index in [0.717, 1.165) is 6.54 Å². The molecule has 0 aliphatic heterocycles. The molecule has 100 valence electrons. The molecule has 0 bridgehead atoms. The topological polar surface area (TPSA) is 21.3 Å². The van der Waals surface area contributed by atoms with E-state index in [4.69, 9.17) is 4.74 Å². The van der Waals surface area contributed by atoms with Crippen LogP contribution in [0.4, 0.5) is 5.69 Å². The van der Waals surface area contributed by atoms with Crippen LogP contribution in [0, 0.1) is 13.8 Å². The van der Waals surface area contributed by atoms with Gasteiger partial charge in [0.1, 0.15) is 0 Å². The van der Waals surface area contributed by atoms with Gasteiger partial charge in [-0.1, -0.05) is 36.4 Å². The van der Waals surface area contributed by atoms with Crippen LogP contribution in [-0.2, 0) is 17.9 Å². The number of hydrogen-bond acceptors (Lipinski definition) is 2. The standard InChI is InChI=1S/C17H21NO/c1-13-8-9-14(2)17(10-13)18-11-15-6-4-5-7-16(15)12-19-3/h4-10,18H,11-12H2,1-3H3. The summed E-state index contributed by atoms with van der Waals surface area (Å²) in [5, 5.41) is 3.51. The van der Waals surface area contributed by atoms with E-state index in [2.05, 4.69) is 61.6 Å². The second-order valence-electron chi connectivity index (χ2n) is 4.87. The van der Waals surface area contributed by atoms with Gasteiger partial charge in [0.15, 0.2) is 0 Å². The molecule has 0 heterocycles. The zero-order valence-electron chi connectivity index (χ0n) is 11.9. The first-order valence-corrected chi connectivity index (χ1v) is 6.57. The summed E-state index contributed by atoms with van der Waals surface area (Å²) in [6, 6.07) is 14.9. The smallest absolute Gasteiger partial charge is 0.0716 e. The average Bonchev–Trinajstić information content (AvgIpc) is 2.42. The molecule has 0 aliphatic carbocycles.